The third kappa shape index (κ3) is 8.46. The number of hydrogen-bond donors (Lipinski definition) is 4. The van der Waals surface area contributed by atoms with Crippen molar-refractivity contribution in [1.82, 2.24) is 15.0 Å². The fraction of sp³-hybridized carbons (Fsp3) is 0.171. The number of aromatic nitrogens is 3. The summed E-state index contributed by atoms with van der Waals surface area (Å²) in [4.78, 5) is 40.3. The molecule has 4 aromatic carbocycles. The van der Waals surface area contributed by atoms with Crippen molar-refractivity contribution in [3.8, 4) is 28.4 Å². The van der Waals surface area contributed by atoms with Gasteiger partial charge in [-0.05, 0) is 41.5 Å². The standard InChI is InChI=1S/C35H35N7O6/c1-46-28-16-10-9-15-27(28)37-35(45)41-33-38-32(36-26-14-8-7-13-25(26)24-11-5-4-6-12-24)39-34(40-33)42(20-19-31(43)44)22-23-17-18-29(47-2)30(21-23)48-3/h4-18,21H,19-20,22H2,1-3H3,(H,43,44)(H3,36,37,38,39,40,41,45). The van der Waals surface area contributed by atoms with Gasteiger partial charge >= 0.3 is 12.0 Å². The highest BCUT2D eigenvalue weighted by Crippen LogP contribution is 2.31. The second-order valence-corrected chi connectivity index (χ2v) is 10.4. The van der Waals surface area contributed by atoms with Gasteiger partial charge in [-0.2, -0.15) is 15.0 Å². The molecule has 5 rings (SSSR count). The molecule has 0 unspecified atom stereocenters. The molecule has 2 amide bonds. The third-order valence-electron chi connectivity index (χ3n) is 7.16. The molecule has 1 aromatic heterocycles. The number of carboxylic acid groups (broad SMARTS) is 1. The van der Waals surface area contributed by atoms with Gasteiger partial charge in [0.1, 0.15) is 5.75 Å². The lowest BCUT2D eigenvalue weighted by atomic mass is 10.0. The van der Waals surface area contributed by atoms with Crippen LogP contribution in [0.1, 0.15) is 12.0 Å². The summed E-state index contributed by atoms with van der Waals surface area (Å²) in [6.45, 7) is 0.269. The zero-order valence-corrected chi connectivity index (χ0v) is 26.6. The maximum Gasteiger partial charge on any atom is 0.326 e. The Morgan fingerprint density at radius 1 is 0.708 bits per heavy atom. The number of carbonyl (C=O) groups is 2. The number of para-hydroxylation sites is 3. The van der Waals surface area contributed by atoms with Crippen LogP contribution in [0.4, 0.5) is 34.0 Å². The number of benzene rings is 4. The molecule has 13 heteroatoms. The summed E-state index contributed by atoms with van der Waals surface area (Å²) in [5.41, 5.74) is 3.81. The van der Waals surface area contributed by atoms with Gasteiger partial charge in [0.05, 0.1) is 33.4 Å². The van der Waals surface area contributed by atoms with Crippen LogP contribution in [0.25, 0.3) is 11.1 Å². The first kappa shape index (κ1) is 33.0. The number of aliphatic carboxylic acids is 1. The van der Waals surface area contributed by atoms with E-state index in [9.17, 15) is 14.7 Å². The van der Waals surface area contributed by atoms with E-state index in [2.05, 4.69) is 30.9 Å². The largest absolute Gasteiger partial charge is 0.495 e. The first-order valence-corrected chi connectivity index (χ1v) is 14.9. The quantitative estimate of drug-likeness (QED) is 0.105. The van der Waals surface area contributed by atoms with Crippen molar-refractivity contribution >= 4 is 41.2 Å². The van der Waals surface area contributed by atoms with E-state index in [1.807, 2.05) is 60.7 Å². The van der Waals surface area contributed by atoms with E-state index in [1.54, 1.807) is 48.4 Å². The molecule has 0 atom stereocenters. The van der Waals surface area contributed by atoms with Crippen molar-refractivity contribution in [2.45, 2.75) is 13.0 Å². The van der Waals surface area contributed by atoms with Gasteiger partial charge in [-0.1, -0.05) is 66.7 Å². The number of methoxy groups -OCH3 is 3. The molecule has 13 nitrogen and oxygen atoms in total. The van der Waals surface area contributed by atoms with Crippen LogP contribution in [0.15, 0.2) is 97.1 Å². The fourth-order valence-corrected chi connectivity index (χ4v) is 4.88. The average molecular weight is 650 g/mol. The molecule has 246 valence electrons. The summed E-state index contributed by atoms with van der Waals surface area (Å²) in [5.74, 6) is 0.731. The van der Waals surface area contributed by atoms with Crippen molar-refractivity contribution in [2.75, 3.05) is 48.7 Å². The highest BCUT2D eigenvalue weighted by molar-refractivity contribution is 5.99. The van der Waals surface area contributed by atoms with Gasteiger partial charge in [0.15, 0.2) is 11.5 Å². The van der Waals surface area contributed by atoms with Gasteiger partial charge in [0, 0.05) is 24.3 Å². The van der Waals surface area contributed by atoms with E-state index >= 15 is 0 Å². The average Bonchev–Trinajstić information content (AvgIpc) is 3.10. The third-order valence-corrected chi connectivity index (χ3v) is 7.16. The number of anilines is 5. The Balaban J connectivity index is 1.53. The molecule has 0 bridgehead atoms. The van der Waals surface area contributed by atoms with Crippen LogP contribution in [0.5, 0.6) is 17.2 Å². The SMILES string of the molecule is COc1ccccc1NC(=O)Nc1nc(Nc2ccccc2-c2ccccc2)nc(N(CCC(=O)O)Cc2ccc(OC)c(OC)c2)n1. The molecule has 0 fully saturated rings. The molecule has 0 spiro atoms. The summed E-state index contributed by atoms with van der Waals surface area (Å²) >= 11 is 0. The second kappa shape index (κ2) is 15.8. The molecule has 0 aliphatic rings. The summed E-state index contributed by atoms with van der Waals surface area (Å²) in [7, 11) is 4.59. The first-order valence-electron chi connectivity index (χ1n) is 14.9. The number of amides is 2. The Labute approximate surface area is 277 Å². The molecule has 0 radical (unpaired) electrons. The summed E-state index contributed by atoms with van der Waals surface area (Å²) < 4.78 is 16.2. The molecule has 1 heterocycles. The first-order chi connectivity index (χ1) is 23.4. The van der Waals surface area contributed by atoms with Crippen molar-refractivity contribution in [1.29, 1.82) is 0 Å². The van der Waals surface area contributed by atoms with Crippen LogP contribution in [0.2, 0.25) is 0 Å². The number of nitrogens with zero attached hydrogens (tertiary/aromatic N) is 4. The second-order valence-electron chi connectivity index (χ2n) is 10.4. The number of nitrogens with one attached hydrogen (secondary N) is 3. The lowest BCUT2D eigenvalue weighted by Gasteiger charge is -2.23. The monoisotopic (exact) mass is 649 g/mol. The minimum Gasteiger partial charge on any atom is -0.495 e. The van der Waals surface area contributed by atoms with E-state index in [0.717, 1.165) is 16.7 Å². The van der Waals surface area contributed by atoms with Gasteiger partial charge in [0.2, 0.25) is 17.8 Å². The van der Waals surface area contributed by atoms with Crippen LogP contribution in [0.3, 0.4) is 0 Å². The predicted molar refractivity (Wildman–Crippen MR) is 183 cm³/mol. The Morgan fingerprint density at radius 3 is 2.10 bits per heavy atom. The Morgan fingerprint density at radius 2 is 1.38 bits per heavy atom. The van der Waals surface area contributed by atoms with Crippen LogP contribution in [0, 0.1) is 0 Å². The molecule has 4 N–H and O–H groups in total. The molecule has 0 aliphatic carbocycles. The Bertz CT molecular complexity index is 1870. The highest BCUT2D eigenvalue weighted by Gasteiger charge is 2.19. The van der Waals surface area contributed by atoms with Crippen molar-refractivity contribution in [3.05, 3.63) is 103 Å². The van der Waals surface area contributed by atoms with Crippen molar-refractivity contribution < 1.29 is 28.9 Å². The van der Waals surface area contributed by atoms with Crippen LogP contribution in [-0.4, -0.2) is 59.9 Å². The minimum absolute atomic E-state index is 0.0561. The lowest BCUT2D eigenvalue weighted by Crippen LogP contribution is -2.29. The van der Waals surface area contributed by atoms with Gasteiger partial charge < -0.3 is 34.9 Å². The lowest BCUT2D eigenvalue weighted by molar-refractivity contribution is -0.136. The normalized spacial score (nSPS) is 10.5. The topological polar surface area (TPSA) is 160 Å². The molecule has 0 aliphatic heterocycles. The zero-order chi connectivity index (χ0) is 33.9. The zero-order valence-electron chi connectivity index (χ0n) is 26.6. The van der Waals surface area contributed by atoms with Crippen LogP contribution in [-0.2, 0) is 11.3 Å². The summed E-state index contributed by atoms with van der Waals surface area (Å²) in [6, 6.07) is 29.2. The minimum atomic E-state index is -0.994. The Kier molecular flexibility index (Phi) is 10.8. The molecule has 0 saturated heterocycles. The van der Waals surface area contributed by atoms with E-state index in [4.69, 9.17) is 14.2 Å². The molecule has 48 heavy (non-hydrogen) atoms. The molecular formula is C35H35N7O6. The number of hydrogen-bond acceptors (Lipinski definition) is 10. The maximum atomic E-state index is 13.2. The van der Waals surface area contributed by atoms with Crippen LogP contribution < -0.4 is 35.1 Å². The van der Waals surface area contributed by atoms with E-state index in [1.165, 1.54) is 14.2 Å². The predicted octanol–water partition coefficient (Wildman–Crippen LogP) is 6.43. The molecular weight excluding hydrogens is 614 g/mol. The maximum absolute atomic E-state index is 13.2. The smallest absolute Gasteiger partial charge is 0.326 e. The highest BCUT2D eigenvalue weighted by atomic mass is 16.5. The number of ether oxygens (including phenoxy) is 3. The number of carbonyl (C=O) groups excluding carboxylic acids is 1. The number of urea groups is 1. The van der Waals surface area contributed by atoms with Gasteiger partial charge in [-0.25, -0.2) is 4.79 Å². The van der Waals surface area contributed by atoms with Crippen molar-refractivity contribution in [2.24, 2.45) is 0 Å². The number of carboxylic acids is 1. The van der Waals surface area contributed by atoms with Crippen LogP contribution >= 0.6 is 0 Å². The summed E-state index contributed by atoms with van der Waals surface area (Å²) in [6.07, 6.45) is -0.199. The van der Waals surface area contributed by atoms with Crippen molar-refractivity contribution in [3.63, 3.8) is 0 Å². The van der Waals surface area contributed by atoms with E-state index in [0.29, 0.717) is 28.6 Å². The number of rotatable bonds is 14. The Hall–Kier alpha value is -6.37. The summed E-state index contributed by atoms with van der Waals surface area (Å²) in [5, 5.41) is 18.3. The molecule has 5 aromatic rings. The van der Waals surface area contributed by atoms with Gasteiger partial charge in [0.25, 0.3) is 0 Å². The molecule has 0 saturated carbocycles. The fourth-order valence-electron chi connectivity index (χ4n) is 4.88. The van der Waals surface area contributed by atoms with Gasteiger partial charge in [-0.15, -0.1) is 0 Å². The van der Waals surface area contributed by atoms with E-state index < -0.39 is 12.0 Å². The van der Waals surface area contributed by atoms with Gasteiger partial charge in [-0.3, -0.25) is 10.1 Å². The van der Waals surface area contributed by atoms with E-state index in [-0.39, 0.29) is 37.4 Å².